The first-order chi connectivity index (χ1) is 14.1. The SMILES string of the molecule is COc1ccccc1/C=C/CN1CCN(C2CCN(C(C)C)CC2)[C@@H](CCO)C1. The summed E-state index contributed by atoms with van der Waals surface area (Å²) in [6.45, 7) is 11.5. The maximum Gasteiger partial charge on any atom is 0.126 e. The Kier molecular flexibility index (Phi) is 8.54. The molecule has 29 heavy (non-hydrogen) atoms. The lowest BCUT2D eigenvalue weighted by atomic mass is 9.97. The van der Waals surface area contributed by atoms with Gasteiger partial charge in [-0.2, -0.15) is 0 Å². The largest absolute Gasteiger partial charge is 0.496 e. The minimum absolute atomic E-state index is 0.275. The summed E-state index contributed by atoms with van der Waals surface area (Å²) < 4.78 is 5.44. The highest BCUT2D eigenvalue weighted by Gasteiger charge is 2.33. The number of likely N-dealkylation sites (tertiary alicyclic amines) is 1. The predicted octanol–water partition coefficient (Wildman–Crippen LogP) is 2.95. The summed E-state index contributed by atoms with van der Waals surface area (Å²) in [7, 11) is 1.72. The molecule has 162 valence electrons. The van der Waals surface area contributed by atoms with Crippen LogP contribution in [-0.4, -0.2) is 90.9 Å². The normalized spacial score (nSPS) is 23.3. The molecule has 0 aliphatic carbocycles. The van der Waals surface area contributed by atoms with Crippen LogP contribution in [0.25, 0.3) is 6.08 Å². The van der Waals surface area contributed by atoms with E-state index < -0.39 is 0 Å². The van der Waals surface area contributed by atoms with E-state index in [2.05, 4.69) is 46.8 Å². The van der Waals surface area contributed by atoms with Gasteiger partial charge in [-0.25, -0.2) is 0 Å². The molecule has 2 aliphatic heterocycles. The van der Waals surface area contributed by atoms with Crippen LogP contribution in [0.3, 0.4) is 0 Å². The third-order valence-electron chi connectivity index (χ3n) is 6.57. The van der Waals surface area contributed by atoms with Crippen molar-refractivity contribution in [2.24, 2.45) is 0 Å². The van der Waals surface area contributed by atoms with E-state index >= 15 is 0 Å². The van der Waals surface area contributed by atoms with Gasteiger partial charge in [0.1, 0.15) is 5.75 Å². The van der Waals surface area contributed by atoms with Gasteiger partial charge in [-0.3, -0.25) is 9.80 Å². The Morgan fingerprint density at radius 2 is 1.90 bits per heavy atom. The lowest BCUT2D eigenvalue weighted by Gasteiger charge is -2.48. The molecule has 0 radical (unpaired) electrons. The number of rotatable bonds is 8. The highest BCUT2D eigenvalue weighted by molar-refractivity contribution is 5.57. The van der Waals surface area contributed by atoms with Crippen molar-refractivity contribution in [1.82, 2.24) is 14.7 Å². The van der Waals surface area contributed by atoms with E-state index in [0.717, 1.165) is 43.9 Å². The van der Waals surface area contributed by atoms with Crippen molar-refractivity contribution in [2.75, 3.05) is 53.0 Å². The van der Waals surface area contributed by atoms with Crippen LogP contribution < -0.4 is 4.74 Å². The van der Waals surface area contributed by atoms with Crippen LogP contribution in [-0.2, 0) is 0 Å². The van der Waals surface area contributed by atoms with Crippen LogP contribution in [0.4, 0.5) is 0 Å². The van der Waals surface area contributed by atoms with E-state index in [1.165, 1.54) is 25.9 Å². The fourth-order valence-electron chi connectivity index (χ4n) is 4.85. The lowest BCUT2D eigenvalue weighted by Crippen LogP contribution is -2.58. The van der Waals surface area contributed by atoms with Gasteiger partial charge in [0, 0.05) is 56.5 Å². The van der Waals surface area contributed by atoms with Crippen LogP contribution >= 0.6 is 0 Å². The van der Waals surface area contributed by atoms with Crippen LogP contribution in [0.2, 0.25) is 0 Å². The smallest absolute Gasteiger partial charge is 0.126 e. The van der Waals surface area contributed by atoms with Crippen LogP contribution in [0.5, 0.6) is 5.75 Å². The van der Waals surface area contributed by atoms with Crippen molar-refractivity contribution in [3.8, 4) is 5.75 Å². The number of aliphatic hydroxyl groups is 1. The summed E-state index contributed by atoms with van der Waals surface area (Å²) in [6.07, 6.45) is 7.79. The first kappa shape index (κ1) is 22.3. The first-order valence-electron chi connectivity index (χ1n) is 11.2. The number of hydrogen-bond donors (Lipinski definition) is 1. The molecule has 5 nitrogen and oxygen atoms in total. The van der Waals surface area contributed by atoms with Crippen molar-refractivity contribution in [3.05, 3.63) is 35.9 Å². The number of hydrogen-bond acceptors (Lipinski definition) is 5. The summed E-state index contributed by atoms with van der Waals surface area (Å²) in [4.78, 5) is 7.82. The number of para-hydroxylation sites is 1. The van der Waals surface area contributed by atoms with Crippen molar-refractivity contribution in [1.29, 1.82) is 0 Å². The molecule has 3 rings (SSSR count). The monoisotopic (exact) mass is 401 g/mol. The van der Waals surface area contributed by atoms with Gasteiger partial charge in [-0.1, -0.05) is 30.4 Å². The van der Waals surface area contributed by atoms with Gasteiger partial charge in [0.15, 0.2) is 0 Å². The molecular weight excluding hydrogens is 362 g/mol. The number of benzene rings is 1. The molecule has 1 N–H and O–H groups in total. The molecule has 0 amide bonds. The fraction of sp³-hybridized carbons (Fsp3) is 0.667. The van der Waals surface area contributed by atoms with Gasteiger partial charge in [0.2, 0.25) is 0 Å². The molecule has 5 heteroatoms. The molecular formula is C24H39N3O2. The third kappa shape index (κ3) is 6.05. The van der Waals surface area contributed by atoms with E-state index in [1.807, 2.05) is 18.2 Å². The number of nitrogens with zero attached hydrogens (tertiary/aromatic N) is 3. The van der Waals surface area contributed by atoms with E-state index in [9.17, 15) is 5.11 Å². The minimum Gasteiger partial charge on any atom is -0.496 e. The molecule has 2 aliphatic rings. The lowest BCUT2D eigenvalue weighted by molar-refractivity contribution is 0.00552. The average molecular weight is 402 g/mol. The predicted molar refractivity (Wildman–Crippen MR) is 120 cm³/mol. The van der Waals surface area contributed by atoms with Crippen molar-refractivity contribution < 1.29 is 9.84 Å². The maximum atomic E-state index is 9.64. The molecule has 2 heterocycles. The van der Waals surface area contributed by atoms with Gasteiger partial charge in [0.05, 0.1) is 7.11 Å². The molecule has 0 aromatic heterocycles. The molecule has 0 spiro atoms. The second-order valence-electron chi connectivity index (χ2n) is 8.67. The maximum absolute atomic E-state index is 9.64. The van der Waals surface area contributed by atoms with Gasteiger partial charge in [-0.15, -0.1) is 0 Å². The van der Waals surface area contributed by atoms with Gasteiger partial charge < -0.3 is 14.7 Å². The number of piperidine rings is 1. The second-order valence-corrected chi connectivity index (χ2v) is 8.67. The zero-order valence-electron chi connectivity index (χ0n) is 18.5. The first-order valence-corrected chi connectivity index (χ1v) is 11.2. The van der Waals surface area contributed by atoms with Crippen molar-refractivity contribution in [3.63, 3.8) is 0 Å². The molecule has 1 atom stereocenters. The van der Waals surface area contributed by atoms with Gasteiger partial charge >= 0.3 is 0 Å². The molecule has 2 saturated heterocycles. The highest BCUT2D eigenvalue weighted by atomic mass is 16.5. The summed E-state index contributed by atoms with van der Waals surface area (Å²) in [5, 5.41) is 9.64. The van der Waals surface area contributed by atoms with Crippen molar-refractivity contribution >= 4 is 6.08 Å². The van der Waals surface area contributed by atoms with Crippen LogP contribution in [0, 0.1) is 0 Å². The Morgan fingerprint density at radius 3 is 2.59 bits per heavy atom. The van der Waals surface area contributed by atoms with Gasteiger partial charge in [0.25, 0.3) is 0 Å². The van der Waals surface area contributed by atoms with E-state index in [0.29, 0.717) is 18.1 Å². The number of aliphatic hydroxyl groups excluding tert-OH is 1. The minimum atomic E-state index is 0.275. The Bertz CT molecular complexity index is 641. The van der Waals surface area contributed by atoms with Crippen LogP contribution in [0.15, 0.2) is 30.3 Å². The molecule has 0 saturated carbocycles. The summed E-state index contributed by atoms with van der Waals surface area (Å²) in [5.41, 5.74) is 1.12. The molecule has 1 aromatic carbocycles. The summed E-state index contributed by atoms with van der Waals surface area (Å²) in [5.74, 6) is 0.916. The van der Waals surface area contributed by atoms with E-state index in [-0.39, 0.29) is 6.61 Å². The van der Waals surface area contributed by atoms with Gasteiger partial charge in [-0.05, 0) is 52.3 Å². The summed E-state index contributed by atoms with van der Waals surface area (Å²) >= 11 is 0. The van der Waals surface area contributed by atoms with Crippen molar-refractivity contribution in [2.45, 2.75) is 51.2 Å². The zero-order chi connectivity index (χ0) is 20.6. The van der Waals surface area contributed by atoms with Crippen LogP contribution in [0.1, 0.15) is 38.7 Å². The Balaban J connectivity index is 1.54. The number of piperazine rings is 1. The standard InChI is InChI=1S/C24H39N3O2/c1-20(2)26-14-10-22(11-15-26)27-17-16-25(19-23(27)12-18-28)13-6-8-21-7-4-5-9-24(21)29-3/h4-9,20,22-23,28H,10-19H2,1-3H3/b8-6+/t23-/m0/s1. The molecule has 2 fully saturated rings. The summed E-state index contributed by atoms with van der Waals surface area (Å²) in [6, 6.07) is 9.92. The highest BCUT2D eigenvalue weighted by Crippen LogP contribution is 2.24. The second kappa shape index (κ2) is 11.1. The quantitative estimate of drug-likeness (QED) is 0.725. The molecule has 0 unspecified atom stereocenters. The Hall–Kier alpha value is -1.40. The average Bonchev–Trinajstić information content (AvgIpc) is 2.74. The number of methoxy groups -OCH3 is 1. The Morgan fingerprint density at radius 1 is 1.14 bits per heavy atom. The molecule has 0 bridgehead atoms. The number of ether oxygens (including phenoxy) is 1. The van der Waals surface area contributed by atoms with E-state index in [1.54, 1.807) is 7.11 Å². The zero-order valence-corrected chi connectivity index (χ0v) is 18.5. The van der Waals surface area contributed by atoms with E-state index in [4.69, 9.17) is 4.74 Å². The third-order valence-corrected chi connectivity index (χ3v) is 6.57. The fourth-order valence-corrected chi connectivity index (χ4v) is 4.85. The molecule has 1 aromatic rings. The Labute approximate surface area is 176 Å². The topological polar surface area (TPSA) is 39.2 Å².